The predicted molar refractivity (Wildman–Crippen MR) is 91.5 cm³/mol. The third-order valence-corrected chi connectivity index (χ3v) is 4.21. The molecule has 1 aromatic carbocycles. The maximum absolute atomic E-state index is 12.7. The van der Waals surface area contributed by atoms with Gasteiger partial charge in [0.25, 0.3) is 0 Å². The Morgan fingerprint density at radius 2 is 1.85 bits per heavy atom. The van der Waals surface area contributed by atoms with Gasteiger partial charge in [0.1, 0.15) is 0 Å². The summed E-state index contributed by atoms with van der Waals surface area (Å²) in [6.45, 7) is 3.11. The highest BCUT2D eigenvalue weighted by Gasteiger charge is 2.30. The molecule has 5 nitrogen and oxygen atoms in total. The first-order valence-electron chi connectivity index (χ1n) is 8.27. The van der Waals surface area contributed by atoms with Crippen LogP contribution in [0.4, 0.5) is 23.7 Å². The van der Waals surface area contributed by atoms with Crippen LogP contribution in [0.15, 0.2) is 48.7 Å². The first kappa shape index (κ1) is 18.2. The van der Waals surface area contributed by atoms with Crippen molar-refractivity contribution in [3.63, 3.8) is 0 Å². The number of aromatic nitrogens is 1. The Labute approximate surface area is 149 Å². The van der Waals surface area contributed by atoms with Crippen LogP contribution >= 0.6 is 0 Å². The Hall–Kier alpha value is -2.61. The van der Waals surface area contributed by atoms with Crippen LogP contribution in [0.2, 0.25) is 0 Å². The average molecular weight is 364 g/mol. The number of pyridine rings is 1. The number of nitrogens with zero attached hydrogens (tertiary/aromatic N) is 3. The second kappa shape index (κ2) is 7.74. The lowest BCUT2D eigenvalue weighted by Gasteiger charge is -2.34. The summed E-state index contributed by atoms with van der Waals surface area (Å²) in [4.78, 5) is 20.4. The molecule has 1 saturated heterocycles. The lowest BCUT2D eigenvalue weighted by atomic mass is 10.2. The molecular weight excluding hydrogens is 345 g/mol. The van der Waals surface area contributed by atoms with Crippen LogP contribution < -0.4 is 5.32 Å². The zero-order valence-electron chi connectivity index (χ0n) is 14.0. The number of halogens is 3. The van der Waals surface area contributed by atoms with E-state index in [1.165, 1.54) is 12.1 Å². The minimum Gasteiger partial charge on any atom is -0.322 e. The normalized spacial score (nSPS) is 15.7. The molecule has 8 heteroatoms. The molecule has 0 aliphatic carbocycles. The summed E-state index contributed by atoms with van der Waals surface area (Å²) in [5.74, 6) is 0. The van der Waals surface area contributed by atoms with Crippen molar-refractivity contribution in [2.24, 2.45) is 0 Å². The number of amides is 2. The van der Waals surface area contributed by atoms with Crippen molar-refractivity contribution in [2.75, 3.05) is 31.5 Å². The van der Waals surface area contributed by atoms with Gasteiger partial charge in [-0.05, 0) is 30.3 Å². The van der Waals surface area contributed by atoms with E-state index in [2.05, 4.69) is 15.2 Å². The Kier molecular flexibility index (Phi) is 5.41. The number of carbonyl (C=O) groups excluding carboxylic acids is 1. The van der Waals surface area contributed by atoms with E-state index in [-0.39, 0.29) is 11.7 Å². The van der Waals surface area contributed by atoms with Crippen molar-refractivity contribution < 1.29 is 18.0 Å². The molecule has 0 atom stereocenters. The highest BCUT2D eigenvalue weighted by molar-refractivity contribution is 5.89. The van der Waals surface area contributed by atoms with Crippen molar-refractivity contribution >= 4 is 11.7 Å². The first-order valence-corrected chi connectivity index (χ1v) is 8.27. The Morgan fingerprint density at radius 3 is 2.50 bits per heavy atom. The molecule has 2 heterocycles. The molecule has 138 valence electrons. The third-order valence-electron chi connectivity index (χ3n) is 4.21. The second-order valence-corrected chi connectivity index (χ2v) is 6.09. The molecule has 1 fully saturated rings. The standard InChI is InChI=1S/C18H19F3N4O/c19-18(20,21)14-4-3-6-15(12-14)23-17(26)25-10-8-24(9-11-25)13-16-5-1-2-7-22-16/h1-7,12H,8-11,13H2,(H,23,26). The summed E-state index contributed by atoms with van der Waals surface area (Å²) < 4.78 is 38.2. The topological polar surface area (TPSA) is 48.5 Å². The number of hydrogen-bond acceptors (Lipinski definition) is 3. The molecular formula is C18H19F3N4O. The molecule has 1 aliphatic heterocycles. The molecule has 1 N–H and O–H groups in total. The van der Waals surface area contributed by atoms with E-state index < -0.39 is 11.7 Å². The van der Waals surface area contributed by atoms with Crippen molar-refractivity contribution in [3.8, 4) is 0 Å². The van der Waals surface area contributed by atoms with Gasteiger partial charge in [-0.2, -0.15) is 13.2 Å². The van der Waals surface area contributed by atoms with E-state index in [0.717, 1.165) is 17.8 Å². The summed E-state index contributed by atoms with van der Waals surface area (Å²) in [6.07, 6.45) is -2.69. The number of anilines is 1. The van der Waals surface area contributed by atoms with Gasteiger partial charge in [0.05, 0.1) is 11.3 Å². The Morgan fingerprint density at radius 1 is 1.08 bits per heavy atom. The zero-order valence-corrected chi connectivity index (χ0v) is 14.0. The van der Waals surface area contributed by atoms with Crippen molar-refractivity contribution in [1.29, 1.82) is 0 Å². The molecule has 0 saturated carbocycles. The van der Waals surface area contributed by atoms with Crippen LogP contribution in [0, 0.1) is 0 Å². The van der Waals surface area contributed by atoms with Gasteiger partial charge in [-0.1, -0.05) is 12.1 Å². The minimum atomic E-state index is -4.43. The monoisotopic (exact) mass is 364 g/mol. The number of benzene rings is 1. The summed E-state index contributed by atoms with van der Waals surface area (Å²) in [5.41, 5.74) is 0.325. The van der Waals surface area contributed by atoms with Crippen LogP contribution in [0.3, 0.4) is 0 Å². The fraction of sp³-hybridized carbons (Fsp3) is 0.333. The predicted octanol–water partition coefficient (Wildman–Crippen LogP) is 3.45. The SMILES string of the molecule is O=C(Nc1cccc(C(F)(F)F)c1)N1CCN(Cc2ccccn2)CC1. The highest BCUT2D eigenvalue weighted by Crippen LogP contribution is 2.30. The fourth-order valence-corrected chi connectivity index (χ4v) is 2.81. The van der Waals surface area contributed by atoms with Crippen LogP contribution in [0.5, 0.6) is 0 Å². The van der Waals surface area contributed by atoms with Gasteiger partial charge >= 0.3 is 12.2 Å². The summed E-state index contributed by atoms with van der Waals surface area (Å²) in [7, 11) is 0. The number of urea groups is 1. The molecule has 0 bridgehead atoms. The minimum absolute atomic E-state index is 0.140. The Bertz CT molecular complexity index is 744. The number of hydrogen-bond donors (Lipinski definition) is 1. The van der Waals surface area contributed by atoms with Crippen molar-refractivity contribution in [1.82, 2.24) is 14.8 Å². The largest absolute Gasteiger partial charge is 0.416 e. The molecule has 0 radical (unpaired) electrons. The first-order chi connectivity index (χ1) is 12.4. The van der Waals surface area contributed by atoms with Gasteiger partial charge in [0, 0.05) is 44.6 Å². The zero-order chi connectivity index (χ0) is 18.6. The van der Waals surface area contributed by atoms with Crippen molar-refractivity contribution in [3.05, 3.63) is 59.9 Å². The van der Waals surface area contributed by atoms with E-state index in [1.807, 2.05) is 18.2 Å². The number of alkyl halides is 3. The summed E-state index contributed by atoms with van der Waals surface area (Å²) >= 11 is 0. The molecule has 0 unspecified atom stereocenters. The maximum Gasteiger partial charge on any atom is 0.416 e. The fourth-order valence-electron chi connectivity index (χ4n) is 2.81. The lowest BCUT2D eigenvalue weighted by Crippen LogP contribution is -2.49. The van der Waals surface area contributed by atoms with E-state index in [4.69, 9.17) is 0 Å². The van der Waals surface area contributed by atoms with Gasteiger partial charge in [0.15, 0.2) is 0 Å². The number of piperazine rings is 1. The van der Waals surface area contributed by atoms with Crippen LogP contribution in [-0.4, -0.2) is 47.0 Å². The van der Waals surface area contributed by atoms with Gasteiger partial charge in [-0.3, -0.25) is 9.88 Å². The van der Waals surface area contributed by atoms with Crippen LogP contribution in [-0.2, 0) is 12.7 Å². The second-order valence-electron chi connectivity index (χ2n) is 6.09. The number of rotatable bonds is 3. The molecule has 1 aliphatic rings. The molecule has 3 rings (SSSR count). The van der Waals surface area contributed by atoms with E-state index >= 15 is 0 Å². The molecule has 26 heavy (non-hydrogen) atoms. The molecule has 2 amide bonds. The Balaban J connectivity index is 1.52. The highest BCUT2D eigenvalue weighted by atomic mass is 19.4. The number of carbonyl (C=O) groups is 1. The molecule has 2 aromatic rings. The smallest absolute Gasteiger partial charge is 0.322 e. The van der Waals surface area contributed by atoms with Crippen molar-refractivity contribution in [2.45, 2.75) is 12.7 Å². The van der Waals surface area contributed by atoms with Gasteiger partial charge in [0.2, 0.25) is 0 Å². The van der Waals surface area contributed by atoms with E-state index in [0.29, 0.717) is 32.7 Å². The lowest BCUT2D eigenvalue weighted by molar-refractivity contribution is -0.137. The van der Waals surface area contributed by atoms with Crippen LogP contribution in [0.25, 0.3) is 0 Å². The third kappa shape index (κ3) is 4.72. The maximum atomic E-state index is 12.7. The molecule has 0 spiro atoms. The quantitative estimate of drug-likeness (QED) is 0.908. The molecule has 1 aromatic heterocycles. The van der Waals surface area contributed by atoms with E-state index in [9.17, 15) is 18.0 Å². The van der Waals surface area contributed by atoms with Gasteiger partial charge in [-0.15, -0.1) is 0 Å². The number of nitrogens with one attached hydrogen (secondary N) is 1. The average Bonchev–Trinajstić information content (AvgIpc) is 2.63. The summed E-state index contributed by atoms with van der Waals surface area (Å²) in [6, 6.07) is 10.0. The summed E-state index contributed by atoms with van der Waals surface area (Å²) in [5, 5.41) is 2.54. The van der Waals surface area contributed by atoms with Crippen LogP contribution in [0.1, 0.15) is 11.3 Å². The van der Waals surface area contributed by atoms with Gasteiger partial charge in [-0.25, -0.2) is 4.79 Å². The van der Waals surface area contributed by atoms with E-state index in [1.54, 1.807) is 11.1 Å². The van der Waals surface area contributed by atoms with Gasteiger partial charge < -0.3 is 10.2 Å².